The molecule has 11 nitrogen and oxygen atoms in total. The predicted molar refractivity (Wildman–Crippen MR) is 99.0 cm³/mol. The first-order valence-electron chi connectivity index (χ1n) is 8.54. The van der Waals surface area contributed by atoms with Crippen molar-refractivity contribution in [1.29, 1.82) is 0 Å². The van der Waals surface area contributed by atoms with E-state index in [0.717, 1.165) is 23.9 Å². The van der Waals surface area contributed by atoms with Gasteiger partial charge >= 0.3 is 5.97 Å². The molecule has 1 aliphatic heterocycles. The summed E-state index contributed by atoms with van der Waals surface area (Å²) in [6, 6.07) is 1.60. The maximum Gasteiger partial charge on any atom is 0.328 e. The summed E-state index contributed by atoms with van der Waals surface area (Å²) in [6.07, 6.45) is -0.00478. The number of hydrogen-bond acceptors (Lipinski definition) is 7. The van der Waals surface area contributed by atoms with Crippen LogP contribution < -0.4 is 11.5 Å². The number of likely N-dealkylation sites (tertiary alicyclic amines) is 1. The van der Waals surface area contributed by atoms with Crippen molar-refractivity contribution in [3.63, 3.8) is 0 Å². The maximum atomic E-state index is 13.4. The number of rotatable bonds is 5. The third kappa shape index (κ3) is 3.68. The Labute approximate surface area is 173 Å². The molecule has 0 radical (unpaired) electrons. The molecule has 1 saturated heterocycles. The molecule has 4 N–H and O–H groups in total. The van der Waals surface area contributed by atoms with Gasteiger partial charge in [0.2, 0.25) is 0 Å². The van der Waals surface area contributed by atoms with Crippen LogP contribution in [0.5, 0.6) is 0 Å². The molecule has 0 aliphatic carbocycles. The molecule has 0 unspecified atom stereocenters. The molecular formula is C17H16ClFN6O5. The second kappa shape index (κ2) is 8.06. The van der Waals surface area contributed by atoms with Gasteiger partial charge < -0.3 is 21.1 Å². The number of carbonyl (C=O) groups is 4. The highest BCUT2D eigenvalue weighted by Crippen LogP contribution is 2.31. The molecule has 1 aromatic carbocycles. The van der Waals surface area contributed by atoms with Crippen LogP contribution in [0.15, 0.2) is 18.2 Å². The molecule has 158 valence electrons. The largest absolute Gasteiger partial charge is 0.467 e. The summed E-state index contributed by atoms with van der Waals surface area (Å²) in [5.41, 5.74) is 9.81. The normalized spacial score (nSPS) is 18.3. The Bertz CT molecular complexity index is 1060. The van der Waals surface area contributed by atoms with Crippen molar-refractivity contribution < 1.29 is 28.3 Å². The van der Waals surface area contributed by atoms with E-state index in [1.165, 1.54) is 11.0 Å². The number of ether oxygens (including phenoxy) is 1. The number of benzene rings is 1. The van der Waals surface area contributed by atoms with Crippen molar-refractivity contribution in [2.45, 2.75) is 18.5 Å². The molecule has 30 heavy (non-hydrogen) atoms. The lowest BCUT2D eigenvalue weighted by Gasteiger charge is -2.22. The SMILES string of the molecule is COC(=O)[C@@H]1C[C@H](n2nnc(C(N)=O)c2C(N)=O)CN1C(=O)c1ccc(F)c(Cl)c1. The molecule has 3 rings (SSSR count). The minimum absolute atomic E-state index is 0.00478. The van der Waals surface area contributed by atoms with Gasteiger partial charge in [-0.25, -0.2) is 13.9 Å². The number of carbonyl (C=O) groups excluding carboxylic acids is 4. The highest BCUT2D eigenvalue weighted by Gasteiger charge is 2.43. The zero-order chi connectivity index (χ0) is 22.2. The molecule has 2 atom stereocenters. The Kier molecular flexibility index (Phi) is 5.69. The summed E-state index contributed by atoms with van der Waals surface area (Å²) in [4.78, 5) is 49.8. The van der Waals surface area contributed by atoms with Crippen LogP contribution in [-0.2, 0) is 9.53 Å². The first-order chi connectivity index (χ1) is 14.1. The standard InChI is InChI=1S/C17H16ClFN6O5/c1-30-17(29)11-5-8(25-13(15(21)27)12(14(20)26)22-23-25)6-24(11)16(28)7-2-3-10(19)9(18)4-7/h2-4,8,11H,5-6H2,1H3,(H2,20,26)(H2,21,27)/t8-,11-/m0/s1. The van der Waals surface area contributed by atoms with Gasteiger partial charge in [0.15, 0.2) is 11.4 Å². The van der Waals surface area contributed by atoms with E-state index in [9.17, 15) is 23.6 Å². The average Bonchev–Trinajstić information content (AvgIpc) is 3.33. The highest BCUT2D eigenvalue weighted by molar-refractivity contribution is 6.31. The van der Waals surface area contributed by atoms with Crippen LogP contribution in [0.4, 0.5) is 4.39 Å². The summed E-state index contributed by atoms with van der Waals surface area (Å²) in [7, 11) is 1.16. The first kappa shape index (κ1) is 21.2. The third-order valence-electron chi connectivity index (χ3n) is 4.69. The molecule has 0 spiro atoms. The van der Waals surface area contributed by atoms with Crippen molar-refractivity contribution in [1.82, 2.24) is 19.9 Å². The summed E-state index contributed by atoms with van der Waals surface area (Å²) < 4.78 is 19.3. The second-order valence-electron chi connectivity index (χ2n) is 6.47. The molecular weight excluding hydrogens is 423 g/mol. The average molecular weight is 439 g/mol. The van der Waals surface area contributed by atoms with E-state index in [1.807, 2.05) is 0 Å². The van der Waals surface area contributed by atoms with Crippen LogP contribution >= 0.6 is 11.6 Å². The minimum atomic E-state index is -1.04. The van der Waals surface area contributed by atoms with E-state index in [-0.39, 0.29) is 29.2 Å². The first-order valence-corrected chi connectivity index (χ1v) is 8.92. The lowest BCUT2D eigenvalue weighted by molar-refractivity contribution is -0.145. The van der Waals surface area contributed by atoms with Gasteiger partial charge in [0, 0.05) is 18.5 Å². The predicted octanol–water partition coefficient (Wildman–Crippen LogP) is -0.103. The monoisotopic (exact) mass is 438 g/mol. The van der Waals surface area contributed by atoms with Crippen LogP contribution in [0.2, 0.25) is 5.02 Å². The Morgan fingerprint density at radius 1 is 1.23 bits per heavy atom. The minimum Gasteiger partial charge on any atom is -0.467 e. The number of amides is 3. The Hall–Kier alpha value is -3.54. The van der Waals surface area contributed by atoms with E-state index in [4.69, 9.17) is 27.8 Å². The van der Waals surface area contributed by atoms with E-state index in [2.05, 4.69) is 10.3 Å². The van der Waals surface area contributed by atoms with Crippen LogP contribution in [-0.4, -0.2) is 63.3 Å². The topological polar surface area (TPSA) is 164 Å². The van der Waals surface area contributed by atoms with Crippen molar-refractivity contribution in [3.05, 3.63) is 46.0 Å². The quantitative estimate of drug-likeness (QED) is 0.615. The molecule has 0 saturated carbocycles. The molecule has 2 heterocycles. The molecule has 1 aliphatic rings. The molecule has 1 fully saturated rings. The van der Waals surface area contributed by atoms with E-state index in [1.54, 1.807) is 0 Å². The number of esters is 1. The van der Waals surface area contributed by atoms with Crippen molar-refractivity contribution in [2.24, 2.45) is 11.5 Å². The Balaban J connectivity index is 1.99. The fourth-order valence-corrected chi connectivity index (χ4v) is 3.50. The van der Waals surface area contributed by atoms with Crippen molar-refractivity contribution in [3.8, 4) is 0 Å². The number of aromatic nitrogens is 3. The van der Waals surface area contributed by atoms with Gasteiger partial charge in [0.1, 0.15) is 11.9 Å². The number of nitrogens with two attached hydrogens (primary N) is 2. The van der Waals surface area contributed by atoms with Crippen molar-refractivity contribution >= 4 is 35.3 Å². The number of halogens is 2. The van der Waals surface area contributed by atoms with Crippen LogP contribution in [0.25, 0.3) is 0 Å². The van der Waals surface area contributed by atoms with Crippen LogP contribution in [0.3, 0.4) is 0 Å². The fraction of sp³-hybridized carbons (Fsp3) is 0.294. The van der Waals surface area contributed by atoms with Gasteiger partial charge in [0.05, 0.1) is 18.2 Å². The fourth-order valence-electron chi connectivity index (χ4n) is 3.31. The molecule has 2 aromatic rings. The zero-order valence-corrected chi connectivity index (χ0v) is 16.3. The zero-order valence-electron chi connectivity index (χ0n) is 15.5. The Morgan fingerprint density at radius 3 is 2.50 bits per heavy atom. The number of primary amides is 2. The summed E-state index contributed by atoms with van der Waals surface area (Å²) >= 11 is 5.75. The maximum absolute atomic E-state index is 13.4. The van der Waals surface area contributed by atoms with E-state index < -0.39 is 47.3 Å². The van der Waals surface area contributed by atoms with E-state index >= 15 is 0 Å². The van der Waals surface area contributed by atoms with Gasteiger partial charge in [-0.3, -0.25) is 14.4 Å². The lowest BCUT2D eigenvalue weighted by atomic mass is 10.1. The number of hydrogen-bond donors (Lipinski definition) is 2. The van der Waals surface area contributed by atoms with Gasteiger partial charge in [0.25, 0.3) is 17.7 Å². The van der Waals surface area contributed by atoms with Crippen LogP contribution in [0, 0.1) is 5.82 Å². The van der Waals surface area contributed by atoms with Gasteiger partial charge in [-0.2, -0.15) is 0 Å². The Morgan fingerprint density at radius 2 is 1.93 bits per heavy atom. The third-order valence-corrected chi connectivity index (χ3v) is 4.98. The number of nitrogens with zero attached hydrogens (tertiary/aromatic N) is 4. The highest BCUT2D eigenvalue weighted by atomic mass is 35.5. The molecule has 0 bridgehead atoms. The van der Waals surface area contributed by atoms with Crippen molar-refractivity contribution in [2.75, 3.05) is 13.7 Å². The lowest BCUT2D eigenvalue weighted by Crippen LogP contribution is -2.41. The smallest absolute Gasteiger partial charge is 0.328 e. The number of methoxy groups -OCH3 is 1. The van der Waals surface area contributed by atoms with Crippen LogP contribution in [0.1, 0.15) is 43.8 Å². The van der Waals surface area contributed by atoms with Gasteiger partial charge in [-0.15, -0.1) is 5.10 Å². The van der Waals surface area contributed by atoms with Gasteiger partial charge in [-0.05, 0) is 18.2 Å². The van der Waals surface area contributed by atoms with E-state index in [0.29, 0.717) is 0 Å². The second-order valence-corrected chi connectivity index (χ2v) is 6.88. The summed E-state index contributed by atoms with van der Waals surface area (Å²) in [5.74, 6) is -4.05. The molecule has 13 heteroatoms. The van der Waals surface area contributed by atoms with Gasteiger partial charge in [-0.1, -0.05) is 16.8 Å². The molecule has 3 amide bonds. The molecule has 1 aromatic heterocycles. The summed E-state index contributed by atoms with van der Waals surface area (Å²) in [6.45, 7) is -0.102. The summed E-state index contributed by atoms with van der Waals surface area (Å²) in [5, 5.41) is 7.08.